The van der Waals surface area contributed by atoms with Crippen LogP contribution < -0.4 is 4.74 Å². The Morgan fingerprint density at radius 3 is 2.50 bits per heavy atom. The lowest BCUT2D eigenvalue weighted by Crippen LogP contribution is -1.94. The van der Waals surface area contributed by atoms with E-state index < -0.39 is 0 Å². The zero-order valence-electron chi connectivity index (χ0n) is 10.3. The molecule has 0 fully saturated rings. The summed E-state index contributed by atoms with van der Waals surface area (Å²) >= 11 is 0. The van der Waals surface area contributed by atoms with Crippen LogP contribution in [0.5, 0.6) is 5.75 Å². The minimum Gasteiger partial charge on any atom is -0.487 e. The van der Waals surface area contributed by atoms with E-state index >= 15 is 0 Å². The lowest BCUT2D eigenvalue weighted by atomic mass is 10.2. The molecule has 2 heteroatoms. The SMILES string of the molecule is Cn1cc(OCc2ccccc2)c2ccccc21. The quantitative estimate of drug-likeness (QED) is 0.676. The van der Waals surface area contributed by atoms with Crippen LogP contribution in [0, 0.1) is 0 Å². The van der Waals surface area contributed by atoms with Crippen molar-refractivity contribution in [3.63, 3.8) is 0 Å². The minimum absolute atomic E-state index is 0.606. The highest BCUT2D eigenvalue weighted by molar-refractivity contribution is 5.86. The Labute approximate surface area is 106 Å². The Hall–Kier alpha value is -2.22. The summed E-state index contributed by atoms with van der Waals surface area (Å²) in [7, 11) is 2.04. The second-order valence-corrected chi connectivity index (χ2v) is 4.40. The highest BCUT2D eigenvalue weighted by Crippen LogP contribution is 2.27. The molecule has 0 spiro atoms. The molecule has 18 heavy (non-hydrogen) atoms. The van der Waals surface area contributed by atoms with Gasteiger partial charge in [0.25, 0.3) is 0 Å². The molecule has 0 aliphatic rings. The van der Waals surface area contributed by atoms with E-state index in [2.05, 4.69) is 28.8 Å². The zero-order valence-corrected chi connectivity index (χ0v) is 10.3. The van der Waals surface area contributed by atoms with Gasteiger partial charge in [-0.05, 0) is 17.7 Å². The molecule has 3 rings (SSSR count). The lowest BCUT2D eigenvalue weighted by molar-refractivity contribution is 0.309. The topological polar surface area (TPSA) is 14.2 Å². The Kier molecular flexibility index (Phi) is 2.77. The average molecular weight is 237 g/mol. The van der Waals surface area contributed by atoms with Gasteiger partial charge in [-0.2, -0.15) is 0 Å². The molecule has 0 saturated heterocycles. The van der Waals surface area contributed by atoms with Crippen LogP contribution in [0.1, 0.15) is 5.56 Å². The van der Waals surface area contributed by atoms with E-state index in [0.717, 1.165) is 11.1 Å². The highest BCUT2D eigenvalue weighted by Gasteiger charge is 2.06. The molecular formula is C16H15NO. The van der Waals surface area contributed by atoms with Crippen molar-refractivity contribution in [2.45, 2.75) is 6.61 Å². The second-order valence-electron chi connectivity index (χ2n) is 4.40. The van der Waals surface area contributed by atoms with Gasteiger partial charge in [-0.1, -0.05) is 42.5 Å². The molecular weight excluding hydrogens is 222 g/mol. The van der Waals surface area contributed by atoms with Crippen LogP contribution in [-0.4, -0.2) is 4.57 Å². The van der Waals surface area contributed by atoms with Crippen LogP contribution >= 0.6 is 0 Å². The van der Waals surface area contributed by atoms with Crippen LogP contribution in [0.25, 0.3) is 10.9 Å². The first-order chi connectivity index (χ1) is 8.84. The molecule has 0 amide bonds. The maximum Gasteiger partial charge on any atom is 0.145 e. The summed E-state index contributed by atoms with van der Waals surface area (Å²) < 4.78 is 8.00. The fourth-order valence-corrected chi connectivity index (χ4v) is 2.15. The number of ether oxygens (including phenoxy) is 1. The molecule has 0 aliphatic heterocycles. The minimum atomic E-state index is 0.606. The molecule has 90 valence electrons. The normalized spacial score (nSPS) is 10.7. The molecule has 0 bridgehead atoms. The fraction of sp³-hybridized carbons (Fsp3) is 0.125. The summed E-state index contributed by atoms with van der Waals surface area (Å²) in [5, 5.41) is 1.16. The van der Waals surface area contributed by atoms with Crippen LogP contribution in [0.3, 0.4) is 0 Å². The number of nitrogens with zero attached hydrogens (tertiary/aromatic N) is 1. The second kappa shape index (κ2) is 4.57. The number of para-hydroxylation sites is 1. The standard InChI is InChI=1S/C16H15NO/c1-17-11-16(14-9-5-6-10-15(14)17)18-12-13-7-3-2-4-8-13/h2-11H,12H2,1H3. The third-order valence-corrected chi connectivity index (χ3v) is 3.10. The molecule has 0 N–H and O–H groups in total. The number of hydrogen-bond acceptors (Lipinski definition) is 1. The number of fused-ring (bicyclic) bond motifs is 1. The molecule has 0 radical (unpaired) electrons. The predicted molar refractivity (Wildman–Crippen MR) is 73.7 cm³/mol. The first-order valence-corrected chi connectivity index (χ1v) is 6.05. The first-order valence-electron chi connectivity index (χ1n) is 6.05. The predicted octanol–water partition coefficient (Wildman–Crippen LogP) is 3.76. The molecule has 1 aromatic heterocycles. The van der Waals surface area contributed by atoms with Crippen molar-refractivity contribution in [1.29, 1.82) is 0 Å². The molecule has 0 atom stereocenters. The van der Waals surface area contributed by atoms with Gasteiger partial charge in [-0.25, -0.2) is 0 Å². The van der Waals surface area contributed by atoms with Crippen LogP contribution in [0.2, 0.25) is 0 Å². The van der Waals surface area contributed by atoms with E-state index in [0.29, 0.717) is 6.61 Å². The third kappa shape index (κ3) is 1.97. The number of aryl methyl sites for hydroxylation is 1. The van der Waals surface area contributed by atoms with Crippen molar-refractivity contribution in [3.8, 4) is 5.75 Å². The molecule has 2 aromatic carbocycles. The Bertz CT molecular complexity index is 655. The molecule has 0 aliphatic carbocycles. The zero-order chi connectivity index (χ0) is 12.4. The molecule has 0 unspecified atom stereocenters. The monoisotopic (exact) mass is 237 g/mol. The summed E-state index contributed by atoms with van der Waals surface area (Å²) in [4.78, 5) is 0. The van der Waals surface area contributed by atoms with E-state index in [1.54, 1.807) is 0 Å². The number of aromatic nitrogens is 1. The molecule has 2 nitrogen and oxygen atoms in total. The Morgan fingerprint density at radius 1 is 0.944 bits per heavy atom. The van der Waals surface area contributed by atoms with Gasteiger partial charge >= 0.3 is 0 Å². The highest BCUT2D eigenvalue weighted by atomic mass is 16.5. The van der Waals surface area contributed by atoms with Gasteiger partial charge < -0.3 is 9.30 Å². The van der Waals surface area contributed by atoms with Crippen LogP contribution in [0.15, 0.2) is 60.8 Å². The summed E-state index contributed by atoms with van der Waals surface area (Å²) in [6.45, 7) is 0.606. The number of benzene rings is 2. The Balaban J connectivity index is 1.87. The Morgan fingerprint density at radius 2 is 1.67 bits per heavy atom. The van der Waals surface area contributed by atoms with Gasteiger partial charge in [0.2, 0.25) is 0 Å². The summed E-state index contributed by atoms with van der Waals surface area (Å²) in [6, 6.07) is 18.5. The van der Waals surface area contributed by atoms with Crippen molar-refractivity contribution < 1.29 is 4.74 Å². The van der Waals surface area contributed by atoms with E-state index in [-0.39, 0.29) is 0 Å². The summed E-state index contributed by atoms with van der Waals surface area (Å²) in [5.41, 5.74) is 2.38. The first kappa shape index (κ1) is 10.9. The largest absolute Gasteiger partial charge is 0.487 e. The maximum absolute atomic E-state index is 5.91. The van der Waals surface area contributed by atoms with E-state index in [4.69, 9.17) is 4.74 Å². The van der Waals surface area contributed by atoms with Crippen molar-refractivity contribution in [2.24, 2.45) is 7.05 Å². The fourth-order valence-electron chi connectivity index (χ4n) is 2.15. The van der Waals surface area contributed by atoms with Crippen molar-refractivity contribution >= 4 is 10.9 Å². The van der Waals surface area contributed by atoms with Crippen molar-refractivity contribution in [1.82, 2.24) is 4.57 Å². The smallest absolute Gasteiger partial charge is 0.145 e. The maximum atomic E-state index is 5.91. The van der Waals surface area contributed by atoms with Crippen LogP contribution in [-0.2, 0) is 13.7 Å². The van der Waals surface area contributed by atoms with Crippen LogP contribution in [0.4, 0.5) is 0 Å². The molecule has 1 heterocycles. The third-order valence-electron chi connectivity index (χ3n) is 3.10. The average Bonchev–Trinajstić information content (AvgIpc) is 2.75. The molecule has 3 aromatic rings. The van der Waals surface area contributed by atoms with Gasteiger partial charge in [0, 0.05) is 18.6 Å². The van der Waals surface area contributed by atoms with Gasteiger partial charge in [0.1, 0.15) is 12.4 Å². The van der Waals surface area contributed by atoms with Crippen molar-refractivity contribution in [3.05, 3.63) is 66.4 Å². The van der Waals surface area contributed by atoms with Crippen molar-refractivity contribution in [2.75, 3.05) is 0 Å². The van der Waals surface area contributed by atoms with Gasteiger partial charge in [0.15, 0.2) is 0 Å². The lowest BCUT2D eigenvalue weighted by Gasteiger charge is -2.04. The van der Waals surface area contributed by atoms with E-state index in [1.807, 2.05) is 43.6 Å². The van der Waals surface area contributed by atoms with E-state index in [9.17, 15) is 0 Å². The van der Waals surface area contributed by atoms with Gasteiger partial charge in [0.05, 0.1) is 5.52 Å². The number of rotatable bonds is 3. The summed E-state index contributed by atoms with van der Waals surface area (Å²) in [6.07, 6.45) is 2.04. The number of hydrogen-bond donors (Lipinski definition) is 0. The molecule has 0 saturated carbocycles. The van der Waals surface area contributed by atoms with Gasteiger partial charge in [-0.3, -0.25) is 0 Å². The summed E-state index contributed by atoms with van der Waals surface area (Å²) in [5.74, 6) is 0.942. The van der Waals surface area contributed by atoms with E-state index in [1.165, 1.54) is 11.1 Å². The van der Waals surface area contributed by atoms with Gasteiger partial charge in [-0.15, -0.1) is 0 Å².